The van der Waals surface area contributed by atoms with Crippen LogP contribution in [0.5, 0.6) is 0 Å². The van der Waals surface area contributed by atoms with Crippen LogP contribution in [0.25, 0.3) is 6.08 Å². The van der Waals surface area contributed by atoms with E-state index >= 15 is 0 Å². The van der Waals surface area contributed by atoms with Crippen LogP contribution in [0.4, 0.5) is 0 Å². The van der Waals surface area contributed by atoms with Crippen LogP contribution in [-0.4, -0.2) is 38.2 Å². The molecule has 0 radical (unpaired) electrons. The molecule has 108 valence electrons. The van der Waals surface area contributed by atoms with E-state index in [2.05, 4.69) is 4.72 Å². The van der Waals surface area contributed by atoms with E-state index in [4.69, 9.17) is 4.74 Å². The van der Waals surface area contributed by atoms with Crippen LogP contribution in [0.1, 0.15) is 12.0 Å². The molecule has 0 bridgehead atoms. The van der Waals surface area contributed by atoms with Crippen LogP contribution in [-0.2, 0) is 19.6 Å². The number of aliphatic carboxylic acids is 1. The summed E-state index contributed by atoms with van der Waals surface area (Å²) in [5.74, 6) is -1.23. The topological polar surface area (TPSA) is 92.7 Å². The average Bonchev–Trinajstić information content (AvgIpc) is 2.87. The van der Waals surface area contributed by atoms with Gasteiger partial charge in [-0.15, -0.1) is 0 Å². The van der Waals surface area contributed by atoms with Gasteiger partial charge in [-0.3, -0.25) is 4.79 Å². The fourth-order valence-corrected chi connectivity index (χ4v) is 3.09. The van der Waals surface area contributed by atoms with E-state index in [1.54, 1.807) is 24.3 Å². The number of nitrogens with one attached hydrogen (secondary N) is 1. The smallest absolute Gasteiger partial charge is 0.327 e. The number of rotatable bonds is 5. The van der Waals surface area contributed by atoms with E-state index in [-0.39, 0.29) is 19.6 Å². The first-order valence-corrected chi connectivity index (χ1v) is 7.56. The molecule has 20 heavy (non-hydrogen) atoms. The molecule has 7 heteroatoms. The van der Waals surface area contributed by atoms with Crippen LogP contribution < -0.4 is 4.72 Å². The highest BCUT2D eigenvalue weighted by Crippen LogP contribution is 2.20. The van der Waals surface area contributed by atoms with Gasteiger partial charge in [0.25, 0.3) is 0 Å². The molecule has 0 amide bonds. The Kier molecular flexibility index (Phi) is 4.22. The molecule has 2 N–H and O–H groups in total. The number of carboxylic acid groups (broad SMARTS) is 1. The van der Waals surface area contributed by atoms with Crippen molar-refractivity contribution >= 4 is 22.1 Å². The summed E-state index contributed by atoms with van der Waals surface area (Å²) >= 11 is 0. The number of benzene rings is 1. The Morgan fingerprint density at radius 1 is 1.35 bits per heavy atom. The summed E-state index contributed by atoms with van der Waals surface area (Å²) in [5.41, 5.74) is -0.857. The molecule has 1 aromatic carbocycles. The fraction of sp³-hybridized carbons (Fsp3) is 0.308. The van der Waals surface area contributed by atoms with Crippen molar-refractivity contribution in [3.63, 3.8) is 0 Å². The van der Waals surface area contributed by atoms with Crippen molar-refractivity contribution in [2.45, 2.75) is 12.0 Å². The molecule has 1 fully saturated rings. The van der Waals surface area contributed by atoms with Crippen molar-refractivity contribution in [3.8, 4) is 0 Å². The van der Waals surface area contributed by atoms with Gasteiger partial charge in [-0.1, -0.05) is 30.3 Å². The molecule has 1 aliphatic rings. The third-order valence-corrected chi connectivity index (χ3v) is 4.18. The largest absolute Gasteiger partial charge is 0.480 e. The van der Waals surface area contributed by atoms with Gasteiger partial charge in [0.05, 0.1) is 6.61 Å². The van der Waals surface area contributed by atoms with Gasteiger partial charge in [0, 0.05) is 18.4 Å². The first-order chi connectivity index (χ1) is 9.44. The molecule has 0 spiro atoms. The molecule has 2 rings (SSSR count). The number of ether oxygens (including phenoxy) is 1. The van der Waals surface area contributed by atoms with Gasteiger partial charge in [0.1, 0.15) is 0 Å². The summed E-state index contributed by atoms with van der Waals surface area (Å²) in [6.45, 7) is 0.0535. The highest BCUT2D eigenvalue weighted by Gasteiger charge is 2.45. The number of hydrogen-bond donors (Lipinski definition) is 2. The van der Waals surface area contributed by atoms with Crippen molar-refractivity contribution in [2.75, 3.05) is 13.2 Å². The van der Waals surface area contributed by atoms with E-state index in [1.807, 2.05) is 6.07 Å². The van der Waals surface area contributed by atoms with Crippen molar-refractivity contribution in [2.24, 2.45) is 0 Å². The highest BCUT2D eigenvalue weighted by molar-refractivity contribution is 7.92. The maximum atomic E-state index is 12.0. The minimum atomic E-state index is -3.86. The summed E-state index contributed by atoms with van der Waals surface area (Å²) in [6, 6.07) is 8.88. The van der Waals surface area contributed by atoms with Gasteiger partial charge in [-0.2, -0.15) is 4.72 Å². The maximum Gasteiger partial charge on any atom is 0.327 e. The minimum Gasteiger partial charge on any atom is -0.480 e. The Balaban J connectivity index is 2.15. The van der Waals surface area contributed by atoms with E-state index in [0.717, 1.165) is 5.41 Å². The zero-order valence-corrected chi connectivity index (χ0v) is 11.5. The second kappa shape index (κ2) is 5.74. The van der Waals surface area contributed by atoms with Crippen LogP contribution in [0.3, 0.4) is 0 Å². The Bertz CT molecular complexity index is 603. The summed E-state index contributed by atoms with van der Waals surface area (Å²) in [4.78, 5) is 11.2. The molecule has 1 aliphatic heterocycles. The maximum absolute atomic E-state index is 12.0. The van der Waals surface area contributed by atoms with Crippen molar-refractivity contribution in [1.29, 1.82) is 0 Å². The number of carbonyl (C=O) groups is 1. The van der Waals surface area contributed by atoms with Gasteiger partial charge in [-0.05, 0) is 11.6 Å². The molecule has 0 aromatic heterocycles. The Hall–Kier alpha value is -1.70. The van der Waals surface area contributed by atoms with E-state index in [9.17, 15) is 18.3 Å². The standard InChI is InChI=1S/C13H15NO5S/c15-12(16)13(7-8-19-10-13)14-20(17,18)9-6-11-4-2-1-3-5-11/h1-6,9,14H,7-8,10H2,(H,15,16)/b9-6+. The summed E-state index contributed by atoms with van der Waals surface area (Å²) in [6.07, 6.45) is 1.52. The first-order valence-electron chi connectivity index (χ1n) is 6.02. The van der Waals surface area contributed by atoms with E-state index in [1.165, 1.54) is 6.08 Å². The predicted octanol–water partition coefficient (Wildman–Crippen LogP) is 0.820. The molecular weight excluding hydrogens is 282 g/mol. The predicted molar refractivity (Wildman–Crippen MR) is 73.3 cm³/mol. The van der Waals surface area contributed by atoms with Crippen LogP contribution in [0, 0.1) is 0 Å². The quantitative estimate of drug-likeness (QED) is 0.839. The lowest BCUT2D eigenvalue weighted by Crippen LogP contribution is -2.54. The Morgan fingerprint density at radius 2 is 2.05 bits per heavy atom. The molecule has 1 heterocycles. The summed E-state index contributed by atoms with van der Waals surface area (Å²) in [5, 5.41) is 10.1. The molecule has 0 saturated carbocycles. The third-order valence-electron chi connectivity index (χ3n) is 3.01. The summed E-state index contributed by atoms with van der Waals surface area (Å²) in [7, 11) is -3.86. The van der Waals surface area contributed by atoms with Crippen LogP contribution in [0.15, 0.2) is 35.7 Å². The van der Waals surface area contributed by atoms with E-state index in [0.29, 0.717) is 5.56 Å². The fourth-order valence-electron chi connectivity index (χ4n) is 1.90. The second-order valence-electron chi connectivity index (χ2n) is 4.55. The lowest BCUT2D eigenvalue weighted by Gasteiger charge is -2.22. The van der Waals surface area contributed by atoms with Crippen molar-refractivity contribution < 1.29 is 23.1 Å². The van der Waals surface area contributed by atoms with Gasteiger partial charge < -0.3 is 9.84 Å². The minimum absolute atomic E-state index is 0.112. The summed E-state index contributed by atoms with van der Waals surface area (Å²) < 4.78 is 31.1. The van der Waals surface area contributed by atoms with Crippen LogP contribution in [0.2, 0.25) is 0 Å². The van der Waals surface area contributed by atoms with Crippen molar-refractivity contribution in [1.82, 2.24) is 4.72 Å². The lowest BCUT2D eigenvalue weighted by atomic mass is 10.0. The first kappa shape index (κ1) is 14.7. The van der Waals surface area contributed by atoms with Gasteiger partial charge in [0.15, 0.2) is 5.54 Å². The highest BCUT2D eigenvalue weighted by atomic mass is 32.2. The monoisotopic (exact) mass is 297 g/mol. The van der Waals surface area contributed by atoms with Gasteiger partial charge in [-0.25, -0.2) is 8.42 Å². The zero-order valence-electron chi connectivity index (χ0n) is 10.7. The molecule has 1 unspecified atom stereocenters. The Morgan fingerprint density at radius 3 is 2.60 bits per heavy atom. The van der Waals surface area contributed by atoms with Crippen molar-refractivity contribution in [3.05, 3.63) is 41.3 Å². The van der Waals surface area contributed by atoms with Crippen LogP contribution >= 0.6 is 0 Å². The molecule has 0 aliphatic carbocycles. The normalized spacial score (nSPS) is 23.2. The molecule has 6 nitrogen and oxygen atoms in total. The number of hydrogen-bond acceptors (Lipinski definition) is 4. The Labute approximate surface area is 117 Å². The molecule has 1 saturated heterocycles. The zero-order chi connectivity index (χ0) is 14.6. The molecular formula is C13H15NO5S. The SMILES string of the molecule is O=C(O)C1(NS(=O)(=O)/C=C/c2ccccc2)CCOC1. The van der Waals surface area contributed by atoms with Gasteiger partial charge in [0.2, 0.25) is 10.0 Å². The lowest BCUT2D eigenvalue weighted by molar-refractivity contribution is -0.144. The third kappa shape index (κ3) is 3.44. The van der Waals surface area contributed by atoms with E-state index < -0.39 is 21.5 Å². The second-order valence-corrected chi connectivity index (χ2v) is 6.12. The number of carboxylic acids is 1. The average molecular weight is 297 g/mol. The molecule has 1 atom stereocenters. The molecule has 1 aromatic rings. The van der Waals surface area contributed by atoms with Gasteiger partial charge >= 0.3 is 5.97 Å². The number of sulfonamides is 1.